The molecule has 28 heavy (non-hydrogen) atoms. The molecule has 2 N–H and O–H groups in total. The van der Waals surface area contributed by atoms with Gasteiger partial charge in [0.15, 0.2) is 5.65 Å². The molecule has 4 heterocycles. The second kappa shape index (κ2) is 7.18. The first-order valence-electron chi connectivity index (χ1n) is 9.38. The number of nitrogens with two attached hydrogens (primary N) is 1. The van der Waals surface area contributed by atoms with E-state index in [2.05, 4.69) is 50.3 Å². The lowest BCUT2D eigenvalue weighted by Gasteiger charge is -2.24. The van der Waals surface area contributed by atoms with Crippen LogP contribution >= 0.6 is 15.9 Å². The number of fused-ring (bicyclic) bond motifs is 2. The van der Waals surface area contributed by atoms with Crippen LogP contribution in [0, 0.1) is 5.92 Å². The van der Waals surface area contributed by atoms with Gasteiger partial charge in [0.05, 0.1) is 25.5 Å². The molecule has 0 amide bonds. The van der Waals surface area contributed by atoms with Crippen LogP contribution in [0.4, 0.5) is 5.82 Å². The molecular weight excluding hydrogens is 422 g/mol. The Morgan fingerprint density at radius 1 is 1.21 bits per heavy atom. The van der Waals surface area contributed by atoms with Crippen molar-refractivity contribution >= 4 is 39.2 Å². The molecule has 1 fully saturated rings. The van der Waals surface area contributed by atoms with E-state index in [-0.39, 0.29) is 18.1 Å². The van der Waals surface area contributed by atoms with E-state index in [9.17, 15) is 0 Å². The Labute approximate surface area is 170 Å². The van der Waals surface area contributed by atoms with E-state index in [1.807, 2.05) is 12.3 Å². The summed E-state index contributed by atoms with van der Waals surface area (Å²) in [5.41, 5.74) is 8.85. The van der Waals surface area contributed by atoms with Crippen LogP contribution in [0.5, 0.6) is 5.88 Å². The van der Waals surface area contributed by atoms with Gasteiger partial charge in [-0.05, 0) is 15.9 Å². The van der Waals surface area contributed by atoms with Gasteiger partial charge in [0.2, 0.25) is 5.88 Å². The van der Waals surface area contributed by atoms with E-state index in [1.165, 1.54) is 0 Å². The van der Waals surface area contributed by atoms with Gasteiger partial charge in [0.25, 0.3) is 0 Å². The van der Waals surface area contributed by atoms with E-state index in [1.54, 1.807) is 10.7 Å². The maximum Gasteiger partial charge on any atom is 0.234 e. The molecule has 2 aliphatic heterocycles. The largest absolute Gasteiger partial charge is 0.473 e. The summed E-state index contributed by atoms with van der Waals surface area (Å²) in [5.74, 6) is 1.20. The zero-order chi connectivity index (χ0) is 19.1. The number of allylic oxidation sites excluding steroid dienone is 3. The molecule has 0 saturated carbocycles. The Bertz CT molecular complexity index is 1030. The van der Waals surface area contributed by atoms with Gasteiger partial charge in [-0.2, -0.15) is 14.6 Å². The highest BCUT2D eigenvalue weighted by Gasteiger charge is 2.24. The lowest BCUT2D eigenvalue weighted by Crippen LogP contribution is -2.26. The third-order valence-electron chi connectivity index (χ3n) is 5.25. The summed E-state index contributed by atoms with van der Waals surface area (Å²) >= 11 is 3.52. The Morgan fingerprint density at radius 2 is 2.04 bits per heavy atom. The van der Waals surface area contributed by atoms with Gasteiger partial charge in [-0.25, -0.2) is 0 Å². The number of nitrogen functional groups attached to an aromatic ring is 1. The van der Waals surface area contributed by atoms with Crippen molar-refractivity contribution in [2.45, 2.75) is 25.0 Å². The summed E-state index contributed by atoms with van der Waals surface area (Å²) < 4.78 is 13.8. The molecule has 2 atom stereocenters. The molecule has 144 valence electrons. The molecule has 0 bridgehead atoms. The zero-order valence-corrected chi connectivity index (χ0v) is 16.7. The van der Waals surface area contributed by atoms with Crippen molar-refractivity contribution in [2.75, 3.05) is 18.9 Å². The molecule has 7 nitrogen and oxygen atoms in total. The highest BCUT2D eigenvalue weighted by atomic mass is 79.9. The number of aromatic nitrogens is 3. The number of hydrogen-bond donors (Lipinski definition) is 1. The third kappa shape index (κ3) is 3.06. The van der Waals surface area contributed by atoms with Crippen LogP contribution in [0.2, 0.25) is 0 Å². The molecule has 5 rings (SSSR count). The number of hydrogen-bond acceptors (Lipinski definition) is 6. The van der Waals surface area contributed by atoms with Crippen LogP contribution in [-0.4, -0.2) is 46.2 Å². The van der Waals surface area contributed by atoms with Crippen LogP contribution in [0.3, 0.4) is 0 Å². The fourth-order valence-electron chi connectivity index (χ4n) is 3.70. The van der Waals surface area contributed by atoms with E-state index in [0.717, 1.165) is 24.0 Å². The first-order valence-corrected chi connectivity index (χ1v) is 10.2. The van der Waals surface area contributed by atoms with Crippen LogP contribution in [0.25, 0.3) is 11.2 Å². The summed E-state index contributed by atoms with van der Waals surface area (Å²) in [5, 5.41) is 4.44. The fraction of sp³-hybridized carbons (Fsp3) is 0.350. The molecule has 0 radical (unpaired) electrons. The SMILES string of the molecule is Nc1c(Br)c(OC2CCOCC2)nc2c(C3=CC4C=CC=CC4N=C3)cnn12. The fourth-order valence-corrected chi connectivity index (χ4v) is 4.05. The summed E-state index contributed by atoms with van der Waals surface area (Å²) in [4.78, 5) is 9.41. The Morgan fingerprint density at radius 3 is 2.89 bits per heavy atom. The summed E-state index contributed by atoms with van der Waals surface area (Å²) in [6.07, 6.45) is 16.0. The predicted octanol–water partition coefficient (Wildman–Crippen LogP) is 3.21. The second-order valence-electron chi connectivity index (χ2n) is 7.08. The monoisotopic (exact) mass is 441 g/mol. The van der Waals surface area contributed by atoms with Crippen molar-refractivity contribution < 1.29 is 9.47 Å². The first kappa shape index (κ1) is 17.6. The number of dihydropyridines is 1. The number of ether oxygens (including phenoxy) is 2. The van der Waals surface area contributed by atoms with Crippen molar-refractivity contribution in [3.63, 3.8) is 0 Å². The number of nitrogens with zero attached hydrogens (tertiary/aromatic N) is 4. The van der Waals surface area contributed by atoms with Gasteiger partial charge in [0, 0.05) is 36.1 Å². The third-order valence-corrected chi connectivity index (χ3v) is 6.00. The quantitative estimate of drug-likeness (QED) is 0.789. The van der Waals surface area contributed by atoms with Crippen molar-refractivity contribution in [3.8, 4) is 5.88 Å². The molecule has 2 aromatic rings. The lowest BCUT2D eigenvalue weighted by molar-refractivity contribution is 0.0235. The van der Waals surface area contributed by atoms with E-state index < -0.39 is 0 Å². The molecule has 8 heteroatoms. The minimum absolute atomic E-state index is 0.0705. The average Bonchev–Trinajstić information content (AvgIpc) is 3.16. The number of rotatable bonds is 3. The van der Waals surface area contributed by atoms with Gasteiger partial charge < -0.3 is 15.2 Å². The van der Waals surface area contributed by atoms with Crippen molar-refractivity contribution in [2.24, 2.45) is 10.9 Å². The average molecular weight is 442 g/mol. The minimum atomic E-state index is 0.0705. The Hall–Kier alpha value is -2.45. The lowest BCUT2D eigenvalue weighted by atomic mass is 9.90. The van der Waals surface area contributed by atoms with Gasteiger partial charge in [-0.3, -0.25) is 4.99 Å². The summed E-state index contributed by atoms with van der Waals surface area (Å²) in [6, 6.07) is 0.162. The number of halogens is 1. The smallest absolute Gasteiger partial charge is 0.234 e. The molecule has 1 aliphatic carbocycles. The number of anilines is 1. The van der Waals surface area contributed by atoms with E-state index in [4.69, 9.17) is 20.2 Å². The summed E-state index contributed by atoms with van der Waals surface area (Å²) in [6.45, 7) is 1.40. The van der Waals surface area contributed by atoms with Crippen LogP contribution in [0.15, 0.2) is 46.0 Å². The number of aliphatic imine (C=N–C) groups is 1. The molecule has 2 unspecified atom stereocenters. The van der Waals surface area contributed by atoms with Crippen molar-refractivity contribution in [1.29, 1.82) is 0 Å². The molecular formula is C20H20BrN5O2. The highest BCUT2D eigenvalue weighted by molar-refractivity contribution is 9.10. The molecule has 0 aromatic carbocycles. The molecule has 1 saturated heterocycles. The molecule has 3 aliphatic rings. The maximum atomic E-state index is 6.31. The van der Waals surface area contributed by atoms with Crippen LogP contribution in [-0.2, 0) is 4.74 Å². The van der Waals surface area contributed by atoms with Gasteiger partial charge in [-0.1, -0.05) is 30.4 Å². The normalized spacial score (nSPS) is 24.4. The van der Waals surface area contributed by atoms with Crippen LogP contribution < -0.4 is 10.5 Å². The van der Waals surface area contributed by atoms with Crippen LogP contribution in [0.1, 0.15) is 18.4 Å². The standard InChI is InChI=1S/C20H20BrN5O2/c21-17-18(22)26-19(25-20(17)28-14-5-7-27-8-6-14)15(11-24-26)13-9-12-3-1-2-4-16(12)23-10-13/h1-4,9-12,14,16H,5-8,22H2. The first-order chi connectivity index (χ1) is 13.7. The molecule has 0 spiro atoms. The van der Waals surface area contributed by atoms with Gasteiger partial charge in [0.1, 0.15) is 16.4 Å². The van der Waals surface area contributed by atoms with Crippen molar-refractivity contribution in [1.82, 2.24) is 14.6 Å². The van der Waals surface area contributed by atoms with Gasteiger partial charge in [-0.15, -0.1) is 0 Å². The maximum absolute atomic E-state index is 6.31. The molecule has 2 aromatic heterocycles. The van der Waals surface area contributed by atoms with E-state index >= 15 is 0 Å². The second-order valence-corrected chi connectivity index (χ2v) is 7.87. The van der Waals surface area contributed by atoms with Gasteiger partial charge >= 0.3 is 0 Å². The Balaban J connectivity index is 1.54. The predicted molar refractivity (Wildman–Crippen MR) is 112 cm³/mol. The minimum Gasteiger partial charge on any atom is -0.473 e. The Kier molecular flexibility index (Phi) is 4.52. The highest BCUT2D eigenvalue weighted by Crippen LogP contribution is 2.34. The zero-order valence-electron chi connectivity index (χ0n) is 15.2. The van der Waals surface area contributed by atoms with Crippen molar-refractivity contribution in [3.05, 3.63) is 46.6 Å². The summed E-state index contributed by atoms with van der Waals surface area (Å²) in [7, 11) is 0. The topological polar surface area (TPSA) is 87.0 Å². The van der Waals surface area contributed by atoms with E-state index in [0.29, 0.717) is 35.0 Å².